The highest BCUT2D eigenvalue weighted by Crippen LogP contribution is 2.23. The number of hydrogen-bond donors (Lipinski definition) is 1. The third kappa shape index (κ3) is 5.81. The molecule has 0 unspecified atom stereocenters. The van der Waals surface area contributed by atoms with Crippen LogP contribution in [-0.4, -0.2) is 84.6 Å². The van der Waals surface area contributed by atoms with Gasteiger partial charge in [-0.15, -0.1) is 0 Å². The molecule has 7 nitrogen and oxygen atoms in total. The predicted octanol–water partition coefficient (Wildman–Crippen LogP) is 2.25. The summed E-state index contributed by atoms with van der Waals surface area (Å²) in [6.45, 7) is 10.8. The fourth-order valence-corrected chi connectivity index (χ4v) is 4.46. The summed E-state index contributed by atoms with van der Waals surface area (Å²) in [5.41, 5.74) is 1.73. The van der Waals surface area contributed by atoms with E-state index in [-0.39, 0.29) is 17.6 Å². The lowest BCUT2D eigenvalue weighted by molar-refractivity contribution is -0.125. The van der Waals surface area contributed by atoms with Gasteiger partial charge in [-0.05, 0) is 37.1 Å². The van der Waals surface area contributed by atoms with Crippen LogP contribution in [0.5, 0.6) is 0 Å². The number of carbonyl (C=O) groups is 1. The maximum absolute atomic E-state index is 13.1. The van der Waals surface area contributed by atoms with E-state index in [2.05, 4.69) is 36.9 Å². The molecule has 2 aliphatic rings. The maximum atomic E-state index is 13.1. The van der Waals surface area contributed by atoms with Crippen molar-refractivity contribution in [2.24, 2.45) is 5.92 Å². The molecule has 2 aliphatic heterocycles. The molecule has 4 rings (SSSR count). The molecule has 2 saturated heterocycles. The monoisotopic (exact) mass is 440 g/mol. The number of nitrogens with one attached hydrogen (secondary N) is 1. The molecule has 8 heteroatoms. The predicted molar refractivity (Wildman–Crippen MR) is 124 cm³/mol. The Hall–Kier alpha value is -2.58. The van der Waals surface area contributed by atoms with Gasteiger partial charge in [0.15, 0.2) is 0 Å². The largest absolute Gasteiger partial charge is 0.355 e. The standard InChI is InChI=1S/C24H33FN6O/c1-2-29-12-14-30(15-13-29)11-9-26-23(32)20-4-3-10-31(18-20)24-27-16-21(17-28-24)19-5-7-22(25)8-6-19/h5-8,16-17,20H,2-4,9-15,18H2,1H3,(H,26,32)/t20-/m1/s1. The minimum atomic E-state index is -0.261. The number of likely N-dealkylation sites (N-methyl/N-ethyl adjacent to an activating group) is 1. The lowest BCUT2D eigenvalue weighted by Gasteiger charge is -2.34. The molecule has 0 saturated carbocycles. The fraction of sp³-hybridized carbons (Fsp3) is 0.542. The number of carbonyl (C=O) groups excluding carboxylic acids is 1. The Morgan fingerprint density at radius 1 is 1.03 bits per heavy atom. The smallest absolute Gasteiger partial charge is 0.225 e. The van der Waals surface area contributed by atoms with Crippen LogP contribution in [0.3, 0.4) is 0 Å². The molecular weight excluding hydrogens is 407 g/mol. The molecule has 32 heavy (non-hydrogen) atoms. The normalized spacial score (nSPS) is 20.3. The zero-order valence-corrected chi connectivity index (χ0v) is 18.8. The van der Waals surface area contributed by atoms with E-state index in [9.17, 15) is 9.18 Å². The van der Waals surface area contributed by atoms with Crippen molar-refractivity contribution in [1.29, 1.82) is 0 Å². The molecular formula is C24H33FN6O. The van der Waals surface area contributed by atoms with Crippen LogP contribution in [-0.2, 0) is 4.79 Å². The number of piperazine rings is 1. The van der Waals surface area contributed by atoms with Crippen molar-refractivity contribution in [3.8, 4) is 11.1 Å². The maximum Gasteiger partial charge on any atom is 0.225 e. The van der Waals surface area contributed by atoms with Gasteiger partial charge in [0.05, 0.1) is 5.92 Å². The van der Waals surface area contributed by atoms with E-state index in [0.29, 0.717) is 19.0 Å². The van der Waals surface area contributed by atoms with Gasteiger partial charge in [0.1, 0.15) is 5.82 Å². The summed E-state index contributed by atoms with van der Waals surface area (Å²) in [4.78, 5) is 28.7. The zero-order valence-electron chi connectivity index (χ0n) is 18.8. The molecule has 0 spiro atoms. The van der Waals surface area contributed by atoms with Gasteiger partial charge in [-0.3, -0.25) is 9.69 Å². The molecule has 2 aromatic rings. The van der Waals surface area contributed by atoms with Crippen LogP contribution in [0.25, 0.3) is 11.1 Å². The van der Waals surface area contributed by atoms with Gasteiger partial charge in [-0.25, -0.2) is 14.4 Å². The first-order valence-corrected chi connectivity index (χ1v) is 11.7. The summed E-state index contributed by atoms with van der Waals surface area (Å²) in [6.07, 6.45) is 5.36. The number of hydrogen-bond acceptors (Lipinski definition) is 6. The molecule has 0 bridgehead atoms. The van der Waals surface area contributed by atoms with Crippen LogP contribution in [0.2, 0.25) is 0 Å². The quantitative estimate of drug-likeness (QED) is 0.713. The third-order valence-corrected chi connectivity index (χ3v) is 6.53. The molecule has 0 radical (unpaired) electrons. The van der Waals surface area contributed by atoms with E-state index in [1.54, 1.807) is 24.5 Å². The number of benzene rings is 1. The molecule has 1 aromatic carbocycles. The van der Waals surface area contributed by atoms with E-state index < -0.39 is 0 Å². The minimum absolute atomic E-state index is 0.0407. The number of amides is 1. The number of nitrogens with zero attached hydrogens (tertiary/aromatic N) is 5. The van der Waals surface area contributed by atoms with E-state index in [1.807, 2.05) is 0 Å². The average Bonchev–Trinajstić information content (AvgIpc) is 2.85. The highest BCUT2D eigenvalue weighted by molar-refractivity contribution is 5.79. The second kappa shape index (κ2) is 10.8. The summed E-state index contributed by atoms with van der Waals surface area (Å²) in [7, 11) is 0. The average molecular weight is 441 g/mol. The summed E-state index contributed by atoms with van der Waals surface area (Å²) in [5, 5.41) is 3.14. The van der Waals surface area contributed by atoms with Gasteiger partial charge in [0.25, 0.3) is 0 Å². The molecule has 2 fully saturated rings. The first kappa shape index (κ1) is 22.6. The molecule has 1 atom stereocenters. The number of piperidine rings is 1. The Bertz CT molecular complexity index is 867. The van der Waals surface area contributed by atoms with Crippen molar-refractivity contribution in [2.75, 3.05) is 63.8 Å². The lowest BCUT2D eigenvalue weighted by Crippen LogP contribution is -2.49. The molecule has 1 N–H and O–H groups in total. The van der Waals surface area contributed by atoms with E-state index in [1.165, 1.54) is 12.1 Å². The topological polar surface area (TPSA) is 64.6 Å². The first-order valence-electron chi connectivity index (χ1n) is 11.7. The van der Waals surface area contributed by atoms with Gasteiger partial charge in [0.2, 0.25) is 11.9 Å². The first-order chi connectivity index (χ1) is 15.6. The Labute approximate surface area is 189 Å². The third-order valence-electron chi connectivity index (χ3n) is 6.53. The Morgan fingerprint density at radius 2 is 1.72 bits per heavy atom. The van der Waals surface area contributed by atoms with Gasteiger partial charge in [-0.1, -0.05) is 19.1 Å². The van der Waals surface area contributed by atoms with Crippen LogP contribution in [0.15, 0.2) is 36.7 Å². The SMILES string of the molecule is CCN1CCN(CCNC(=O)[C@@H]2CCCN(c3ncc(-c4ccc(F)cc4)cn3)C2)CC1. The summed E-state index contributed by atoms with van der Waals surface area (Å²) >= 11 is 0. The Kier molecular flexibility index (Phi) is 7.65. The molecule has 3 heterocycles. The van der Waals surface area contributed by atoms with Gasteiger partial charge in [0, 0.05) is 70.3 Å². The fourth-order valence-electron chi connectivity index (χ4n) is 4.46. The number of anilines is 1. The van der Waals surface area contributed by atoms with E-state index >= 15 is 0 Å². The number of halogens is 1. The van der Waals surface area contributed by atoms with Crippen molar-refractivity contribution >= 4 is 11.9 Å². The van der Waals surface area contributed by atoms with Crippen molar-refractivity contribution in [3.63, 3.8) is 0 Å². The minimum Gasteiger partial charge on any atom is -0.355 e. The Morgan fingerprint density at radius 3 is 2.41 bits per heavy atom. The molecule has 1 amide bonds. The summed E-state index contributed by atoms with van der Waals surface area (Å²) in [5.74, 6) is 0.469. The van der Waals surface area contributed by atoms with Crippen LogP contribution >= 0.6 is 0 Å². The number of rotatable bonds is 7. The van der Waals surface area contributed by atoms with E-state index in [0.717, 1.165) is 69.8 Å². The summed E-state index contributed by atoms with van der Waals surface area (Å²) < 4.78 is 13.1. The van der Waals surface area contributed by atoms with E-state index in [4.69, 9.17) is 0 Å². The van der Waals surface area contributed by atoms with Gasteiger partial charge >= 0.3 is 0 Å². The van der Waals surface area contributed by atoms with Crippen LogP contribution in [0, 0.1) is 11.7 Å². The molecule has 172 valence electrons. The summed E-state index contributed by atoms with van der Waals surface area (Å²) in [6, 6.07) is 6.31. The highest BCUT2D eigenvalue weighted by Gasteiger charge is 2.27. The van der Waals surface area contributed by atoms with Crippen LogP contribution < -0.4 is 10.2 Å². The second-order valence-electron chi connectivity index (χ2n) is 8.63. The van der Waals surface area contributed by atoms with Gasteiger partial charge < -0.3 is 15.1 Å². The molecule has 0 aliphatic carbocycles. The van der Waals surface area contributed by atoms with Crippen molar-refractivity contribution < 1.29 is 9.18 Å². The van der Waals surface area contributed by atoms with Gasteiger partial charge in [-0.2, -0.15) is 0 Å². The van der Waals surface area contributed by atoms with Crippen LogP contribution in [0.1, 0.15) is 19.8 Å². The lowest BCUT2D eigenvalue weighted by atomic mass is 9.97. The van der Waals surface area contributed by atoms with Crippen molar-refractivity contribution in [3.05, 3.63) is 42.5 Å². The zero-order chi connectivity index (χ0) is 22.3. The van der Waals surface area contributed by atoms with Crippen LogP contribution in [0.4, 0.5) is 10.3 Å². The Balaban J connectivity index is 1.25. The number of aromatic nitrogens is 2. The van der Waals surface area contributed by atoms with Crippen molar-refractivity contribution in [1.82, 2.24) is 25.1 Å². The molecule has 1 aromatic heterocycles. The van der Waals surface area contributed by atoms with Crippen molar-refractivity contribution in [2.45, 2.75) is 19.8 Å². The highest BCUT2D eigenvalue weighted by atomic mass is 19.1. The second-order valence-corrected chi connectivity index (χ2v) is 8.63.